The van der Waals surface area contributed by atoms with Gasteiger partial charge in [-0.1, -0.05) is 27.7 Å². The maximum atomic E-state index is 13.3. The summed E-state index contributed by atoms with van der Waals surface area (Å²) < 4.78 is 5.40. The number of morpholine rings is 1. The minimum atomic E-state index is -0.0181. The maximum Gasteiger partial charge on any atom is 0.257 e. The third kappa shape index (κ3) is 3.01. The Hall–Kier alpha value is -1.40. The molecule has 0 bridgehead atoms. The van der Waals surface area contributed by atoms with Crippen molar-refractivity contribution in [3.05, 3.63) is 16.0 Å². The monoisotopic (exact) mass is 390 g/mol. The van der Waals surface area contributed by atoms with Crippen molar-refractivity contribution < 1.29 is 14.3 Å². The van der Waals surface area contributed by atoms with E-state index in [0.29, 0.717) is 26.3 Å². The van der Waals surface area contributed by atoms with Crippen molar-refractivity contribution >= 4 is 28.2 Å². The number of hydrogen-bond acceptors (Lipinski definition) is 4. The Bertz CT molecular complexity index is 761. The zero-order chi connectivity index (χ0) is 19.4. The molecule has 5 nitrogen and oxygen atoms in total. The molecule has 2 aliphatic carbocycles. The molecule has 1 aliphatic heterocycles. The molecular weight excluding hydrogens is 360 g/mol. The summed E-state index contributed by atoms with van der Waals surface area (Å²) in [4.78, 5) is 29.5. The number of nitrogens with zero attached hydrogens (tertiary/aromatic N) is 1. The molecule has 4 rings (SSSR count). The lowest BCUT2D eigenvalue weighted by Gasteiger charge is -2.27. The van der Waals surface area contributed by atoms with Gasteiger partial charge in [0.25, 0.3) is 5.91 Å². The van der Waals surface area contributed by atoms with Crippen molar-refractivity contribution in [3.63, 3.8) is 0 Å². The molecule has 148 valence electrons. The van der Waals surface area contributed by atoms with E-state index < -0.39 is 0 Å². The van der Waals surface area contributed by atoms with E-state index >= 15 is 0 Å². The van der Waals surface area contributed by atoms with Gasteiger partial charge in [-0.25, -0.2) is 0 Å². The second kappa shape index (κ2) is 6.59. The first-order valence-electron chi connectivity index (χ1n) is 10.1. The minimum absolute atomic E-state index is 0.0116. The number of carbonyl (C=O) groups excluding carboxylic acids is 2. The van der Waals surface area contributed by atoms with Gasteiger partial charge in [-0.3, -0.25) is 9.59 Å². The Labute approximate surface area is 165 Å². The van der Waals surface area contributed by atoms with Crippen LogP contribution in [0, 0.1) is 16.7 Å². The van der Waals surface area contributed by atoms with E-state index in [1.807, 2.05) is 4.90 Å². The molecule has 1 N–H and O–H groups in total. The van der Waals surface area contributed by atoms with Crippen molar-refractivity contribution in [3.8, 4) is 0 Å². The Kier molecular flexibility index (Phi) is 4.62. The van der Waals surface area contributed by atoms with Gasteiger partial charge in [0.1, 0.15) is 5.00 Å². The molecule has 0 spiro atoms. The van der Waals surface area contributed by atoms with Gasteiger partial charge in [0, 0.05) is 23.9 Å². The van der Waals surface area contributed by atoms with Gasteiger partial charge < -0.3 is 15.0 Å². The lowest BCUT2D eigenvalue weighted by atomic mass is 9.95. The van der Waals surface area contributed by atoms with E-state index in [1.165, 1.54) is 10.4 Å². The minimum Gasteiger partial charge on any atom is -0.378 e. The molecule has 0 unspecified atom stereocenters. The van der Waals surface area contributed by atoms with Gasteiger partial charge in [-0.15, -0.1) is 11.3 Å². The van der Waals surface area contributed by atoms with Crippen molar-refractivity contribution in [2.45, 2.75) is 53.4 Å². The smallest absolute Gasteiger partial charge is 0.257 e. The second-order valence-corrected chi connectivity index (χ2v) is 10.3. The van der Waals surface area contributed by atoms with Crippen LogP contribution in [0.1, 0.15) is 61.3 Å². The first-order chi connectivity index (χ1) is 12.7. The molecule has 2 heterocycles. The summed E-state index contributed by atoms with van der Waals surface area (Å²) in [6.45, 7) is 11.0. The lowest BCUT2D eigenvalue weighted by molar-refractivity contribution is -0.118. The van der Waals surface area contributed by atoms with E-state index in [2.05, 4.69) is 33.0 Å². The molecule has 2 amide bonds. The zero-order valence-corrected chi connectivity index (χ0v) is 17.6. The van der Waals surface area contributed by atoms with Crippen LogP contribution in [0.3, 0.4) is 0 Å². The van der Waals surface area contributed by atoms with Crippen LogP contribution in [0.5, 0.6) is 0 Å². The number of amides is 2. The molecule has 0 atom stereocenters. The van der Waals surface area contributed by atoms with Crippen LogP contribution in [0.25, 0.3) is 0 Å². The number of hydrogen-bond donors (Lipinski definition) is 1. The molecule has 2 fully saturated rings. The van der Waals surface area contributed by atoms with Crippen molar-refractivity contribution in [2.24, 2.45) is 16.7 Å². The van der Waals surface area contributed by atoms with Crippen molar-refractivity contribution in [1.29, 1.82) is 0 Å². The Balaban J connectivity index is 1.63. The summed E-state index contributed by atoms with van der Waals surface area (Å²) in [6.07, 6.45) is 4.23. The number of carbonyl (C=O) groups is 2. The highest BCUT2D eigenvalue weighted by molar-refractivity contribution is 7.17. The van der Waals surface area contributed by atoms with E-state index in [4.69, 9.17) is 4.74 Å². The Morgan fingerprint density at radius 2 is 1.70 bits per heavy atom. The van der Waals surface area contributed by atoms with Gasteiger partial charge in [0.2, 0.25) is 5.91 Å². The molecule has 27 heavy (non-hydrogen) atoms. The van der Waals surface area contributed by atoms with Gasteiger partial charge >= 0.3 is 0 Å². The van der Waals surface area contributed by atoms with Crippen LogP contribution in [0.2, 0.25) is 0 Å². The van der Waals surface area contributed by atoms with E-state index in [1.54, 1.807) is 11.3 Å². The number of fused-ring (bicyclic) bond motifs is 1. The highest BCUT2D eigenvalue weighted by atomic mass is 32.1. The number of aryl methyl sites for hydroxylation is 1. The fraction of sp³-hybridized carbons (Fsp3) is 0.714. The highest BCUT2D eigenvalue weighted by Gasteiger charge is 2.68. The SMILES string of the molecule is CC1(C)C(C(=O)Nc2sc3c(c2C(=O)N2CCOCC2)CCCC3)C1(C)C. The number of ether oxygens (including phenoxy) is 1. The van der Waals surface area contributed by atoms with Gasteiger partial charge in [0.15, 0.2) is 0 Å². The van der Waals surface area contributed by atoms with Crippen LogP contribution in [-0.2, 0) is 22.4 Å². The molecule has 0 aromatic carbocycles. The predicted octanol–water partition coefficient (Wildman–Crippen LogP) is 3.72. The lowest BCUT2D eigenvalue weighted by Crippen LogP contribution is -2.41. The molecule has 6 heteroatoms. The van der Waals surface area contributed by atoms with Crippen LogP contribution < -0.4 is 5.32 Å². The Morgan fingerprint density at radius 1 is 1.07 bits per heavy atom. The van der Waals surface area contributed by atoms with Crippen molar-refractivity contribution in [1.82, 2.24) is 4.90 Å². The molecular formula is C21H30N2O3S. The third-order valence-corrected chi connectivity index (χ3v) is 8.41. The summed E-state index contributed by atoms with van der Waals surface area (Å²) in [5.74, 6) is 0.0948. The summed E-state index contributed by atoms with van der Waals surface area (Å²) >= 11 is 1.62. The number of anilines is 1. The van der Waals surface area contributed by atoms with E-state index in [0.717, 1.165) is 36.2 Å². The largest absolute Gasteiger partial charge is 0.378 e. The van der Waals surface area contributed by atoms with Crippen molar-refractivity contribution in [2.75, 3.05) is 31.6 Å². The van der Waals surface area contributed by atoms with Gasteiger partial charge in [-0.2, -0.15) is 0 Å². The van der Waals surface area contributed by atoms with E-state index in [9.17, 15) is 9.59 Å². The average Bonchev–Trinajstić information content (AvgIpc) is 2.90. The molecule has 1 aromatic heterocycles. The predicted molar refractivity (Wildman–Crippen MR) is 107 cm³/mol. The number of rotatable bonds is 3. The van der Waals surface area contributed by atoms with Crippen LogP contribution in [0.4, 0.5) is 5.00 Å². The second-order valence-electron chi connectivity index (χ2n) is 9.19. The highest BCUT2D eigenvalue weighted by Crippen LogP contribution is 2.68. The quantitative estimate of drug-likeness (QED) is 0.856. The van der Waals surface area contributed by atoms with Crippen LogP contribution >= 0.6 is 11.3 Å². The molecule has 1 saturated heterocycles. The molecule has 0 radical (unpaired) electrons. The molecule has 1 saturated carbocycles. The number of nitrogens with one attached hydrogen (secondary N) is 1. The third-order valence-electron chi connectivity index (χ3n) is 7.20. The standard InChI is InChI=1S/C21H30N2O3S/c1-20(2)16(21(20,3)4)17(24)22-18-15(13-7-5-6-8-14(13)27-18)19(25)23-9-11-26-12-10-23/h16H,5-12H2,1-4H3,(H,22,24). The first kappa shape index (κ1) is 18.9. The number of thiophene rings is 1. The molecule has 3 aliphatic rings. The summed E-state index contributed by atoms with van der Waals surface area (Å²) in [7, 11) is 0. The Morgan fingerprint density at radius 3 is 2.33 bits per heavy atom. The summed E-state index contributed by atoms with van der Waals surface area (Å²) in [5.41, 5.74) is 1.90. The van der Waals surface area contributed by atoms with Gasteiger partial charge in [-0.05, 0) is 42.1 Å². The average molecular weight is 391 g/mol. The van der Waals surface area contributed by atoms with Gasteiger partial charge in [0.05, 0.1) is 18.8 Å². The topological polar surface area (TPSA) is 58.6 Å². The first-order valence-corrected chi connectivity index (χ1v) is 10.9. The van der Waals surface area contributed by atoms with Crippen LogP contribution in [0.15, 0.2) is 0 Å². The summed E-state index contributed by atoms with van der Waals surface area (Å²) in [5, 5.41) is 3.93. The molecule has 1 aromatic rings. The van der Waals surface area contributed by atoms with E-state index in [-0.39, 0.29) is 28.6 Å². The zero-order valence-electron chi connectivity index (χ0n) is 16.8. The van der Waals surface area contributed by atoms with Crippen LogP contribution in [-0.4, -0.2) is 43.0 Å². The fourth-order valence-electron chi connectivity index (χ4n) is 4.84. The normalized spacial score (nSPS) is 23.6. The fourth-order valence-corrected chi connectivity index (χ4v) is 6.12. The maximum absolute atomic E-state index is 13.3. The summed E-state index contributed by atoms with van der Waals surface area (Å²) in [6, 6.07) is 0.